The fourth-order valence-corrected chi connectivity index (χ4v) is 4.57. The molecule has 3 atom stereocenters. The number of nitrogens with zero attached hydrogens (tertiary/aromatic N) is 2. The summed E-state index contributed by atoms with van der Waals surface area (Å²) in [5.74, 6) is -3.03. The first kappa shape index (κ1) is 18.1. The number of aromatic nitrogens is 1. The van der Waals surface area contributed by atoms with Crippen LogP contribution in [0.25, 0.3) is 10.9 Å². The van der Waals surface area contributed by atoms with E-state index < -0.39 is 34.6 Å². The summed E-state index contributed by atoms with van der Waals surface area (Å²) in [6.07, 6.45) is 2.95. The summed E-state index contributed by atoms with van der Waals surface area (Å²) < 4.78 is 31.9. The highest BCUT2D eigenvalue weighted by Crippen LogP contribution is 2.38. The number of benzene rings is 1. The number of rotatable bonds is 3. The van der Waals surface area contributed by atoms with E-state index in [0.717, 1.165) is 25.1 Å². The third kappa shape index (κ3) is 2.58. The van der Waals surface area contributed by atoms with Crippen molar-refractivity contribution in [3.05, 3.63) is 45.2 Å². The normalized spacial score (nSPS) is 25.3. The van der Waals surface area contributed by atoms with E-state index in [0.29, 0.717) is 12.6 Å². The van der Waals surface area contributed by atoms with E-state index in [1.54, 1.807) is 6.92 Å². The molecule has 0 spiro atoms. The maximum Gasteiger partial charge on any atom is 0.341 e. The van der Waals surface area contributed by atoms with Gasteiger partial charge in [-0.2, -0.15) is 0 Å². The molecule has 144 valence electrons. The fourth-order valence-electron chi connectivity index (χ4n) is 4.57. The molecule has 1 aromatic carbocycles. The zero-order valence-corrected chi connectivity index (χ0v) is 15.1. The molecule has 1 aromatic heterocycles. The number of aromatic carboxylic acids is 1. The molecule has 2 fully saturated rings. The van der Waals surface area contributed by atoms with Crippen LogP contribution in [0.1, 0.15) is 41.7 Å². The summed E-state index contributed by atoms with van der Waals surface area (Å²) in [5.41, 5.74) is -1.50. The van der Waals surface area contributed by atoms with E-state index >= 15 is 4.39 Å². The van der Waals surface area contributed by atoms with Gasteiger partial charge in [-0.25, -0.2) is 13.6 Å². The van der Waals surface area contributed by atoms with Crippen molar-refractivity contribution >= 4 is 16.9 Å². The highest BCUT2D eigenvalue weighted by atomic mass is 19.1. The van der Waals surface area contributed by atoms with Gasteiger partial charge in [-0.1, -0.05) is 0 Å². The molecule has 2 bridgehead atoms. The minimum Gasteiger partial charge on any atom is -0.477 e. The van der Waals surface area contributed by atoms with Crippen LogP contribution >= 0.6 is 0 Å². The van der Waals surface area contributed by atoms with Gasteiger partial charge in [0, 0.05) is 36.9 Å². The first-order valence-electron chi connectivity index (χ1n) is 9.08. The summed E-state index contributed by atoms with van der Waals surface area (Å²) in [6.45, 7) is 2.61. The molecule has 2 aliphatic rings. The van der Waals surface area contributed by atoms with Crippen molar-refractivity contribution in [1.29, 1.82) is 0 Å². The molecule has 27 heavy (non-hydrogen) atoms. The predicted octanol–water partition coefficient (Wildman–Crippen LogP) is 2.10. The quantitative estimate of drug-likeness (QED) is 0.857. The molecule has 0 saturated carbocycles. The Hall–Kier alpha value is -2.32. The second kappa shape index (κ2) is 6.38. The average Bonchev–Trinajstić information content (AvgIpc) is 2.85. The number of fused-ring (bicyclic) bond motifs is 3. The lowest BCUT2D eigenvalue weighted by Gasteiger charge is -2.39. The third-order valence-electron chi connectivity index (χ3n) is 6.02. The molecule has 2 N–H and O–H groups in total. The van der Waals surface area contributed by atoms with Crippen LogP contribution in [0.2, 0.25) is 0 Å². The van der Waals surface area contributed by atoms with Crippen molar-refractivity contribution in [3.8, 4) is 0 Å². The predicted molar refractivity (Wildman–Crippen MR) is 96.1 cm³/mol. The highest BCUT2D eigenvalue weighted by Gasteiger charge is 2.43. The highest BCUT2D eigenvalue weighted by molar-refractivity contribution is 5.93. The van der Waals surface area contributed by atoms with Gasteiger partial charge >= 0.3 is 5.97 Å². The summed E-state index contributed by atoms with van der Waals surface area (Å²) in [5, 5.41) is 12.2. The molecule has 4 rings (SSSR count). The van der Waals surface area contributed by atoms with Gasteiger partial charge < -0.3 is 15.0 Å². The Labute approximate surface area is 154 Å². The Morgan fingerprint density at radius 1 is 1.37 bits per heavy atom. The lowest BCUT2D eigenvalue weighted by Crippen LogP contribution is -2.52. The van der Waals surface area contributed by atoms with Crippen molar-refractivity contribution < 1.29 is 18.7 Å². The van der Waals surface area contributed by atoms with Gasteiger partial charge in [0.25, 0.3) is 0 Å². The number of halogens is 2. The van der Waals surface area contributed by atoms with E-state index in [1.807, 2.05) is 7.05 Å². The number of hydrogen-bond acceptors (Lipinski definition) is 4. The summed E-state index contributed by atoms with van der Waals surface area (Å²) in [6, 6.07) is 0.810. The Morgan fingerprint density at radius 3 is 2.78 bits per heavy atom. The monoisotopic (exact) mass is 377 g/mol. The molecule has 0 radical (unpaired) electrons. The summed E-state index contributed by atoms with van der Waals surface area (Å²) in [4.78, 5) is 25.9. The van der Waals surface area contributed by atoms with E-state index in [-0.39, 0.29) is 29.1 Å². The fraction of sp³-hybridized carbons (Fsp3) is 0.474. The molecule has 0 amide bonds. The lowest BCUT2D eigenvalue weighted by atomic mass is 9.94. The van der Waals surface area contributed by atoms with Crippen LogP contribution in [0.15, 0.2) is 17.1 Å². The van der Waals surface area contributed by atoms with E-state index in [9.17, 15) is 19.1 Å². The Kier molecular flexibility index (Phi) is 4.27. The second-order valence-electron chi connectivity index (χ2n) is 7.30. The first-order chi connectivity index (χ1) is 12.8. The van der Waals surface area contributed by atoms with Crippen molar-refractivity contribution in [1.82, 2.24) is 14.8 Å². The standard InChI is InChI=1S/C19H21F2N3O3/c1-3-24-8-11(19(26)27)18(25)10-6-12(20)14(15(21)17(10)24)16-13-5-4-9(7-22-16)23(13)2/h6,8-9,13,16,22H,3-5,7H2,1-2H3,(H,26,27). The Morgan fingerprint density at radius 2 is 2.11 bits per heavy atom. The van der Waals surface area contributed by atoms with Gasteiger partial charge in [-0.05, 0) is 32.9 Å². The first-order valence-corrected chi connectivity index (χ1v) is 9.08. The Bertz CT molecular complexity index is 1000. The lowest BCUT2D eigenvalue weighted by molar-refractivity contribution is 0.0695. The second-order valence-corrected chi connectivity index (χ2v) is 7.30. The number of nitrogens with one attached hydrogen (secondary N) is 1. The molecule has 0 aliphatic carbocycles. The van der Waals surface area contributed by atoms with Crippen LogP contribution in [-0.4, -0.2) is 46.2 Å². The molecule has 2 aliphatic heterocycles. The van der Waals surface area contributed by atoms with Crippen LogP contribution in [0, 0.1) is 11.6 Å². The zero-order chi connectivity index (χ0) is 19.5. The molecule has 3 unspecified atom stereocenters. The van der Waals surface area contributed by atoms with Crippen LogP contribution in [-0.2, 0) is 6.54 Å². The molecular formula is C19H21F2N3O3. The minimum atomic E-state index is -1.42. The third-order valence-corrected chi connectivity index (χ3v) is 6.02. The number of piperazine rings is 1. The maximum atomic E-state index is 15.5. The molecular weight excluding hydrogens is 356 g/mol. The number of aryl methyl sites for hydroxylation is 1. The van der Waals surface area contributed by atoms with Crippen molar-refractivity contribution in [2.75, 3.05) is 13.6 Å². The number of carboxylic acids is 1. The molecule has 2 saturated heterocycles. The number of carboxylic acid groups (broad SMARTS) is 1. The minimum absolute atomic E-state index is 0.0229. The SMILES string of the molecule is CCn1cc(C(=O)O)c(=O)c2cc(F)c(C3NCC4CCC3N4C)c(F)c21. The molecule has 6 nitrogen and oxygen atoms in total. The number of likely N-dealkylation sites (N-methyl/N-ethyl adjacent to an activating group) is 1. The van der Waals surface area contributed by atoms with Gasteiger partial charge in [0.15, 0.2) is 5.82 Å². The topological polar surface area (TPSA) is 74.6 Å². The number of hydrogen-bond donors (Lipinski definition) is 2. The van der Waals surface area contributed by atoms with Gasteiger partial charge in [-0.3, -0.25) is 9.69 Å². The smallest absolute Gasteiger partial charge is 0.341 e. The van der Waals surface area contributed by atoms with Crippen molar-refractivity contribution in [2.24, 2.45) is 0 Å². The largest absolute Gasteiger partial charge is 0.477 e. The molecule has 8 heteroatoms. The maximum absolute atomic E-state index is 15.5. The van der Waals surface area contributed by atoms with Crippen molar-refractivity contribution in [2.45, 2.75) is 44.4 Å². The van der Waals surface area contributed by atoms with Crippen LogP contribution < -0.4 is 10.7 Å². The summed E-state index contributed by atoms with van der Waals surface area (Å²) >= 11 is 0. The van der Waals surface area contributed by atoms with Gasteiger partial charge in [0.05, 0.1) is 16.9 Å². The van der Waals surface area contributed by atoms with E-state index in [1.165, 1.54) is 4.57 Å². The van der Waals surface area contributed by atoms with Crippen LogP contribution in [0.5, 0.6) is 0 Å². The Balaban J connectivity index is 1.97. The van der Waals surface area contributed by atoms with Gasteiger partial charge in [0.1, 0.15) is 11.4 Å². The molecule has 3 heterocycles. The average molecular weight is 377 g/mol. The van der Waals surface area contributed by atoms with Crippen molar-refractivity contribution in [3.63, 3.8) is 0 Å². The summed E-state index contributed by atoms with van der Waals surface area (Å²) in [7, 11) is 1.97. The van der Waals surface area contributed by atoms with Crippen LogP contribution in [0.4, 0.5) is 8.78 Å². The number of carbonyl (C=O) groups is 1. The zero-order valence-electron chi connectivity index (χ0n) is 15.1. The van der Waals surface area contributed by atoms with Gasteiger partial charge in [-0.15, -0.1) is 0 Å². The molecule has 2 aromatic rings. The van der Waals surface area contributed by atoms with E-state index in [2.05, 4.69) is 10.2 Å². The van der Waals surface area contributed by atoms with Gasteiger partial charge in [0.2, 0.25) is 5.43 Å². The number of pyridine rings is 1. The van der Waals surface area contributed by atoms with Crippen LogP contribution in [0.3, 0.4) is 0 Å². The van der Waals surface area contributed by atoms with E-state index in [4.69, 9.17) is 0 Å².